The number of halogens is 2. The largest absolute Gasteiger partial charge is 0.444 e. The van der Waals surface area contributed by atoms with Gasteiger partial charge in [-0.05, 0) is 27.2 Å². The van der Waals surface area contributed by atoms with Gasteiger partial charge in [-0.2, -0.15) is 13.9 Å². The van der Waals surface area contributed by atoms with Crippen molar-refractivity contribution in [3.8, 4) is 0 Å². The third-order valence-corrected chi connectivity index (χ3v) is 4.53. The normalized spacial score (nSPS) is 22.6. The van der Waals surface area contributed by atoms with Crippen LogP contribution in [0.1, 0.15) is 50.6 Å². The second kappa shape index (κ2) is 6.07. The molecule has 1 aromatic heterocycles. The molecule has 0 aliphatic carbocycles. The molecule has 25 heavy (non-hydrogen) atoms. The van der Waals surface area contributed by atoms with E-state index in [1.54, 1.807) is 20.8 Å². The summed E-state index contributed by atoms with van der Waals surface area (Å²) in [5, 5.41) is 4.31. The molecule has 0 saturated carbocycles. The van der Waals surface area contributed by atoms with Crippen molar-refractivity contribution in [3.63, 3.8) is 0 Å². The number of hydrogen-bond acceptors (Lipinski definition) is 4. The van der Waals surface area contributed by atoms with Gasteiger partial charge in [-0.15, -0.1) is 0 Å². The number of aromatic nitrogens is 2. The first kappa shape index (κ1) is 17.8. The minimum atomic E-state index is -3.06. The lowest BCUT2D eigenvalue weighted by molar-refractivity contribution is -0.111. The number of nitrogens with zero attached hydrogens (tertiary/aromatic N) is 3. The summed E-state index contributed by atoms with van der Waals surface area (Å²) in [5.74, 6) is -3.52. The van der Waals surface area contributed by atoms with Crippen LogP contribution in [0.15, 0.2) is 0 Å². The van der Waals surface area contributed by atoms with E-state index in [4.69, 9.17) is 4.74 Å². The average molecular weight is 355 g/mol. The first-order chi connectivity index (χ1) is 11.6. The number of carbonyl (C=O) groups excluding carboxylic acids is 2. The molecule has 1 atom stereocenters. The van der Waals surface area contributed by atoms with Gasteiger partial charge in [0.1, 0.15) is 17.6 Å². The molecule has 3 rings (SSSR count). The molecule has 0 spiro atoms. The Morgan fingerprint density at radius 2 is 2.12 bits per heavy atom. The molecule has 1 amide bonds. The maximum absolute atomic E-state index is 14.7. The second-order valence-electron chi connectivity index (χ2n) is 7.75. The Bertz CT molecular complexity index is 694. The van der Waals surface area contributed by atoms with Gasteiger partial charge in [-0.3, -0.25) is 4.68 Å². The third kappa shape index (κ3) is 3.52. The van der Waals surface area contributed by atoms with Crippen LogP contribution in [0.5, 0.6) is 0 Å². The molecule has 6 nitrogen and oxygen atoms in total. The van der Waals surface area contributed by atoms with Gasteiger partial charge in [0.15, 0.2) is 0 Å². The molecular formula is C17H23F2N3O3. The Balaban J connectivity index is 1.91. The number of hydrogen-bond donors (Lipinski definition) is 0. The lowest BCUT2D eigenvalue weighted by atomic mass is 9.98. The minimum absolute atomic E-state index is 0.0565. The summed E-state index contributed by atoms with van der Waals surface area (Å²) in [7, 11) is 0. The van der Waals surface area contributed by atoms with Crippen molar-refractivity contribution in [1.29, 1.82) is 0 Å². The van der Waals surface area contributed by atoms with E-state index in [2.05, 4.69) is 5.10 Å². The van der Waals surface area contributed by atoms with Crippen molar-refractivity contribution in [1.82, 2.24) is 14.7 Å². The summed E-state index contributed by atoms with van der Waals surface area (Å²) in [6.45, 7) is 5.88. The van der Waals surface area contributed by atoms with E-state index in [1.165, 1.54) is 9.58 Å². The number of alkyl halides is 2. The van der Waals surface area contributed by atoms with E-state index >= 15 is 0 Å². The van der Waals surface area contributed by atoms with E-state index < -0.39 is 23.5 Å². The first-order valence-electron chi connectivity index (χ1n) is 8.51. The summed E-state index contributed by atoms with van der Waals surface area (Å²) in [6, 6.07) is 0. The van der Waals surface area contributed by atoms with Crippen LogP contribution < -0.4 is 0 Å². The number of aldehydes is 1. The van der Waals surface area contributed by atoms with Gasteiger partial charge in [0.05, 0.1) is 18.8 Å². The fourth-order valence-corrected chi connectivity index (χ4v) is 3.36. The van der Waals surface area contributed by atoms with Crippen molar-refractivity contribution >= 4 is 12.4 Å². The molecule has 3 heterocycles. The molecule has 138 valence electrons. The van der Waals surface area contributed by atoms with Crippen LogP contribution in [-0.2, 0) is 35.0 Å². The van der Waals surface area contributed by atoms with Crippen molar-refractivity contribution in [2.45, 2.75) is 64.6 Å². The molecule has 8 heteroatoms. The third-order valence-electron chi connectivity index (χ3n) is 4.53. The first-order valence-corrected chi connectivity index (χ1v) is 8.51. The SMILES string of the molecule is CC(C)(C)OC(=O)N1CCc2nn3c(c2C1)C(F)(F)CCC(C=O)C3. The van der Waals surface area contributed by atoms with Gasteiger partial charge in [0.25, 0.3) is 5.92 Å². The quantitative estimate of drug-likeness (QED) is 0.727. The Labute approximate surface area is 145 Å². The van der Waals surface area contributed by atoms with Crippen molar-refractivity contribution in [2.24, 2.45) is 5.92 Å². The number of rotatable bonds is 1. The minimum Gasteiger partial charge on any atom is -0.444 e. The van der Waals surface area contributed by atoms with E-state index in [-0.39, 0.29) is 31.6 Å². The maximum atomic E-state index is 14.7. The average Bonchev–Trinajstić information content (AvgIpc) is 2.81. The molecule has 1 unspecified atom stereocenters. The Morgan fingerprint density at radius 1 is 1.40 bits per heavy atom. The molecule has 0 radical (unpaired) electrons. The van der Waals surface area contributed by atoms with Gasteiger partial charge in [-0.25, -0.2) is 4.79 Å². The zero-order valence-corrected chi connectivity index (χ0v) is 14.7. The van der Waals surface area contributed by atoms with E-state index in [1.807, 2.05) is 0 Å². The predicted octanol–water partition coefficient (Wildman–Crippen LogP) is 2.88. The second-order valence-corrected chi connectivity index (χ2v) is 7.75. The van der Waals surface area contributed by atoms with E-state index in [0.717, 1.165) is 6.29 Å². The molecule has 2 aliphatic heterocycles. The molecular weight excluding hydrogens is 332 g/mol. The maximum Gasteiger partial charge on any atom is 0.410 e. The summed E-state index contributed by atoms with van der Waals surface area (Å²) in [6.07, 6.45) is 0.349. The fourth-order valence-electron chi connectivity index (χ4n) is 3.36. The molecule has 0 saturated heterocycles. The monoisotopic (exact) mass is 355 g/mol. The standard InChI is InChI=1S/C17H23F2N3O3/c1-16(2,3)25-15(24)21-7-5-13-12(9-21)14-17(18,19)6-4-11(10-23)8-22(14)20-13/h10-11H,4-9H2,1-3H3. The smallest absolute Gasteiger partial charge is 0.410 e. The van der Waals surface area contributed by atoms with Crippen LogP contribution in [-0.4, -0.2) is 39.2 Å². The predicted molar refractivity (Wildman–Crippen MR) is 85.3 cm³/mol. The highest BCUT2D eigenvalue weighted by atomic mass is 19.3. The molecule has 1 aromatic rings. The Kier molecular flexibility index (Phi) is 4.33. The number of amides is 1. The highest BCUT2D eigenvalue weighted by Crippen LogP contribution is 2.41. The van der Waals surface area contributed by atoms with Crippen molar-refractivity contribution in [2.75, 3.05) is 6.54 Å². The Hall–Kier alpha value is -1.99. The van der Waals surface area contributed by atoms with Crippen molar-refractivity contribution < 1.29 is 23.1 Å². The highest BCUT2D eigenvalue weighted by molar-refractivity contribution is 5.68. The zero-order chi connectivity index (χ0) is 18.4. The summed E-state index contributed by atoms with van der Waals surface area (Å²) in [4.78, 5) is 24.8. The van der Waals surface area contributed by atoms with Gasteiger partial charge in [0.2, 0.25) is 0 Å². The van der Waals surface area contributed by atoms with Gasteiger partial charge in [0, 0.05) is 30.9 Å². The summed E-state index contributed by atoms with van der Waals surface area (Å²) < 4.78 is 36.0. The number of ether oxygens (including phenoxy) is 1. The number of fused-ring (bicyclic) bond motifs is 3. The van der Waals surface area contributed by atoms with Crippen LogP contribution in [0.25, 0.3) is 0 Å². The molecule has 0 bridgehead atoms. The Morgan fingerprint density at radius 3 is 2.76 bits per heavy atom. The molecule has 0 fully saturated rings. The topological polar surface area (TPSA) is 64.4 Å². The van der Waals surface area contributed by atoms with Crippen LogP contribution >= 0.6 is 0 Å². The molecule has 0 N–H and O–H groups in total. The van der Waals surface area contributed by atoms with Crippen molar-refractivity contribution in [3.05, 3.63) is 17.0 Å². The van der Waals surface area contributed by atoms with Crippen LogP contribution in [0.4, 0.5) is 13.6 Å². The van der Waals surface area contributed by atoms with Crippen LogP contribution in [0.2, 0.25) is 0 Å². The highest BCUT2D eigenvalue weighted by Gasteiger charge is 2.44. The summed E-state index contributed by atoms with van der Waals surface area (Å²) >= 11 is 0. The van der Waals surface area contributed by atoms with Gasteiger partial charge >= 0.3 is 6.09 Å². The summed E-state index contributed by atoms with van der Waals surface area (Å²) in [5.41, 5.74) is 0.184. The van der Waals surface area contributed by atoms with E-state index in [9.17, 15) is 18.4 Å². The number of carbonyl (C=O) groups is 2. The zero-order valence-electron chi connectivity index (χ0n) is 14.7. The van der Waals surface area contributed by atoms with Gasteiger partial charge in [-0.1, -0.05) is 0 Å². The lowest BCUT2D eigenvalue weighted by Crippen LogP contribution is -2.40. The fraction of sp³-hybridized carbons (Fsp3) is 0.706. The van der Waals surface area contributed by atoms with E-state index in [0.29, 0.717) is 24.2 Å². The molecule has 0 aromatic carbocycles. The molecule has 2 aliphatic rings. The lowest BCUT2D eigenvalue weighted by Gasteiger charge is -2.30. The van der Waals surface area contributed by atoms with Crippen LogP contribution in [0.3, 0.4) is 0 Å². The van der Waals surface area contributed by atoms with Crippen LogP contribution in [0, 0.1) is 5.92 Å². The van der Waals surface area contributed by atoms with Gasteiger partial charge < -0.3 is 14.4 Å².